The summed E-state index contributed by atoms with van der Waals surface area (Å²) >= 11 is 0. The number of H-pyrrole nitrogens is 1. The highest BCUT2D eigenvalue weighted by molar-refractivity contribution is 5.98. The van der Waals surface area contributed by atoms with Gasteiger partial charge in [0.15, 0.2) is 0 Å². The van der Waals surface area contributed by atoms with Gasteiger partial charge in [0.1, 0.15) is 5.54 Å². The van der Waals surface area contributed by atoms with Crippen molar-refractivity contribution in [3.63, 3.8) is 0 Å². The largest absolute Gasteiger partial charge is 0.411 e. The molecular formula is C12H10F3N3O. The molecule has 0 bridgehead atoms. The molecule has 1 aromatic carbocycles. The highest BCUT2D eigenvalue weighted by Crippen LogP contribution is 2.49. The molecule has 0 atom stereocenters. The zero-order valence-electron chi connectivity index (χ0n) is 9.71. The number of hydrogen-bond donors (Lipinski definition) is 2. The Morgan fingerprint density at radius 3 is 2.74 bits per heavy atom. The van der Waals surface area contributed by atoms with Gasteiger partial charge in [-0.15, -0.1) is 0 Å². The van der Waals surface area contributed by atoms with Gasteiger partial charge in [0.25, 0.3) is 5.91 Å². The molecule has 1 fully saturated rings. The van der Waals surface area contributed by atoms with Crippen LogP contribution in [0.4, 0.5) is 13.2 Å². The first-order valence-corrected chi connectivity index (χ1v) is 5.74. The van der Waals surface area contributed by atoms with Gasteiger partial charge < -0.3 is 5.32 Å². The number of amides is 1. The van der Waals surface area contributed by atoms with E-state index in [2.05, 4.69) is 15.5 Å². The van der Waals surface area contributed by atoms with Gasteiger partial charge in [-0.3, -0.25) is 9.89 Å². The molecule has 1 amide bonds. The van der Waals surface area contributed by atoms with Crippen LogP contribution in [-0.2, 0) is 0 Å². The van der Waals surface area contributed by atoms with E-state index in [1.165, 1.54) is 12.1 Å². The van der Waals surface area contributed by atoms with E-state index in [1.807, 2.05) is 0 Å². The molecule has 1 aromatic heterocycles. The van der Waals surface area contributed by atoms with Gasteiger partial charge in [0, 0.05) is 10.9 Å². The Balaban J connectivity index is 1.84. The molecular weight excluding hydrogens is 259 g/mol. The molecule has 0 aliphatic heterocycles. The minimum absolute atomic E-state index is 0.0610. The number of carbonyl (C=O) groups is 1. The second-order valence-corrected chi connectivity index (χ2v) is 4.71. The zero-order valence-corrected chi connectivity index (χ0v) is 9.71. The quantitative estimate of drug-likeness (QED) is 0.879. The summed E-state index contributed by atoms with van der Waals surface area (Å²) in [7, 11) is 0. The van der Waals surface area contributed by atoms with Gasteiger partial charge >= 0.3 is 6.18 Å². The smallest absolute Gasteiger partial charge is 0.338 e. The molecule has 1 aliphatic carbocycles. The van der Waals surface area contributed by atoms with Crippen molar-refractivity contribution in [3.05, 3.63) is 30.0 Å². The number of carbonyl (C=O) groups excluding carboxylic acids is 1. The molecule has 0 spiro atoms. The lowest BCUT2D eigenvalue weighted by atomic mass is 10.1. The fourth-order valence-corrected chi connectivity index (χ4v) is 1.97. The van der Waals surface area contributed by atoms with E-state index < -0.39 is 17.6 Å². The van der Waals surface area contributed by atoms with Crippen LogP contribution in [0.3, 0.4) is 0 Å². The molecule has 1 saturated carbocycles. The number of rotatable bonds is 2. The molecule has 0 unspecified atom stereocenters. The Hall–Kier alpha value is -2.05. The molecule has 100 valence electrons. The molecule has 0 radical (unpaired) electrons. The molecule has 0 saturated heterocycles. The molecule has 2 aromatic rings. The van der Waals surface area contributed by atoms with E-state index in [-0.39, 0.29) is 18.4 Å². The van der Waals surface area contributed by atoms with Crippen LogP contribution in [0.15, 0.2) is 24.4 Å². The third-order valence-corrected chi connectivity index (χ3v) is 3.35. The normalized spacial score (nSPS) is 17.4. The number of aromatic nitrogens is 2. The van der Waals surface area contributed by atoms with Crippen molar-refractivity contribution in [2.45, 2.75) is 24.6 Å². The van der Waals surface area contributed by atoms with Gasteiger partial charge in [-0.2, -0.15) is 18.3 Å². The maximum atomic E-state index is 12.7. The lowest BCUT2D eigenvalue weighted by Gasteiger charge is -2.20. The summed E-state index contributed by atoms with van der Waals surface area (Å²) < 4.78 is 38.2. The summed E-state index contributed by atoms with van der Waals surface area (Å²) in [5, 5.41) is 9.34. The average molecular weight is 269 g/mol. The van der Waals surface area contributed by atoms with Crippen LogP contribution in [0.2, 0.25) is 0 Å². The van der Waals surface area contributed by atoms with Crippen LogP contribution >= 0.6 is 0 Å². The third-order valence-electron chi connectivity index (χ3n) is 3.35. The maximum absolute atomic E-state index is 12.7. The molecule has 1 aliphatic rings. The second kappa shape index (κ2) is 3.72. The first-order chi connectivity index (χ1) is 8.91. The molecule has 2 N–H and O–H groups in total. The Morgan fingerprint density at radius 2 is 2.11 bits per heavy atom. The molecule has 7 heteroatoms. The van der Waals surface area contributed by atoms with Crippen LogP contribution in [-0.4, -0.2) is 27.8 Å². The summed E-state index contributed by atoms with van der Waals surface area (Å²) in [5.74, 6) is -0.716. The predicted octanol–water partition coefficient (Wildman–Crippen LogP) is 2.39. The zero-order chi connectivity index (χ0) is 13.7. The lowest BCUT2D eigenvalue weighted by Crippen LogP contribution is -2.47. The van der Waals surface area contributed by atoms with E-state index in [4.69, 9.17) is 0 Å². The first kappa shape index (κ1) is 12.0. The van der Waals surface area contributed by atoms with Crippen molar-refractivity contribution in [2.24, 2.45) is 0 Å². The minimum Gasteiger partial charge on any atom is -0.338 e. The first-order valence-electron chi connectivity index (χ1n) is 5.74. The molecule has 4 nitrogen and oxygen atoms in total. The van der Waals surface area contributed by atoms with E-state index in [9.17, 15) is 18.0 Å². The monoisotopic (exact) mass is 269 g/mol. The number of nitrogens with zero attached hydrogens (tertiary/aromatic N) is 1. The molecule has 3 rings (SSSR count). The van der Waals surface area contributed by atoms with Crippen LogP contribution in [0.1, 0.15) is 23.2 Å². The van der Waals surface area contributed by atoms with Crippen LogP contribution in [0.25, 0.3) is 10.9 Å². The van der Waals surface area contributed by atoms with Crippen molar-refractivity contribution in [3.8, 4) is 0 Å². The van der Waals surface area contributed by atoms with E-state index in [0.717, 1.165) is 5.39 Å². The molecule has 1 heterocycles. The van der Waals surface area contributed by atoms with E-state index >= 15 is 0 Å². The number of alkyl halides is 3. The summed E-state index contributed by atoms with van der Waals surface area (Å²) in [6.07, 6.45) is -2.95. The van der Waals surface area contributed by atoms with Gasteiger partial charge in [-0.25, -0.2) is 0 Å². The van der Waals surface area contributed by atoms with Crippen molar-refractivity contribution in [1.82, 2.24) is 15.5 Å². The minimum atomic E-state index is -4.40. The number of nitrogens with one attached hydrogen (secondary N) is 2. The summed E-state index contributed by atoms with van der Waals surface area (Å²) in [6, 6.07) is 4.62. The highest BCUT2D eigenvalue weighted by Gasteiger charge is 2.64. The average Bonchev–Trinajstić information content (AvgIpc) is 2.99. The van der Waals surface area contributed by atoms with Crippen LogP contribution in [0, 0.1) is 0 Å². The topological polar surface area (TPSA) is 57.8 Å². The molecule has 19 heavy (non-hydrogen) atoms. The van der Waals surface area contributed by atoms with Crippen LogP contribution in [0.5, 0.6) is 0 Å². The second-order valence-electron chi connectivity index (χ2n) is 4.71. The number of aromatic amines is 1. The van der Waals surface area contributed by atoms with Gasteiger partial charge in [0.2, 0.25) is 0 Å². The number of halogens is 3. The van der Waals surface area contributed by atoms with Gasteiger partial charge in [-0.1, -0.05) is 6.07 Å². The van der Waals surface area contributed by atoms with E-state index in [1.54, 1.807) is 12.3 Å². The Morgan fingerprint density at radius 1 is 1.37 bits per heavy atom. The predicted molar refractivity (Wildman–Crippen MR) is 61.6 cm³/mol. The lowest BCUT2D eigenvalue weighted by molar-refractivity contribution is -0.163. The van der Waals surface area contributed by atoms with Crippen molar-refractivity contribution in [1.29, 1.82) is 0 Å². The number of benzene rings is 1. The standard InChI is InChI=1S/C12H10F3N3O/c13-12(14,15)11(3-4-11)17-10(19)7-1-2-8-6-16-18-9(8)5-7/h1-2,5-6H,3-4H2,(H,16,18)(H,17,19). The Labute approximate surface area is 106 Å². The fraction of sp³-hybridized carbons (Fsp3) is 0.333. The Bertz CT molecular complexity index is 643. The van der Waals surface area contributed by atoms with E-state index in [0.29, 0.717) is 5.52 Å². The van der Waals surface area contributed by atoms with Gasteiger partial charge in [0.05, 0.1) is 11.7 Å². The SMILES string of the molecule is O=C(NC1(C(F)(F)F)CC1)c1ccc2cn[nH]c2c1. The number of fused-ring (bicyclic) bond motifs is 1. The van der Waals surface area contributed by atoms with Crippen molar-refractivity contribution >= 4 is 16.8 Å². The van der Waals surface area contributed by atoms with Crippen molar-refractivity contribution < 1.29 is 18.0 Å². The Kier molecular flexibility index (Phi) is 2.35. The maximum Gasteiger partial charge on any atom is 0.411 e. The highest BCUT2D eigenvalue weighted by atomic mass is 19.4. The number of hydrogen-bond acceptors (Lipinski definition) is 2. The van der Waals surface area contributed by atoms with Crippen LogP contribution < -0.4 is 5.32 Å². The van der Waals surface area contributed by atoms with Crippen molar-refractivity contribution in [2.75, 3.05) is 0 Å². The summed E-state index contributed by atoms with van der Waals surface area (Å²) in [6.45, 7) is 0. The third kappa shape index (κ3) is 1.94. The summed E-state index contributed by atoms with van der Waals surface area (Å²) in [5.41, 5.74) is -1.23. The van der Waals surface area contributed by atoms with Gasteiger partial charge in [-0.05, 0) is 25.0 Å². The fourth-order valence-electron chi connectivity index (χ4n) is 1.97. The summed E-state index contributed by atoms with van der Waals surface area (Å²) in [4.78, 5) is 11.9.